The fourth-order valence-electron chi connectivity index (χ4n) is 1.30. The molecule has 1 rings (SSSR count). The van der Waals surface area contributed by atoms with E-state index in [-0.39, 0.29) is 0 Å². The fourth-order valence-corrected chi connectivity index (χ4v) is 1.30. The fraction of sp³-hybridized carbons (Fsp3) is 0.462. The standard InChI is InChI=1S/C13H20N2O/c1-3-5-9-16-11-13-8-6-7-12(15-13)10-14-4-2/h3,6-8,14H,1,4-5,9-11H2,2H3. The van der Waals surface area contributed by atoms with Crippen LogP contribution in [0.5, 0.6) is 0 Å². The van der Waals surface area contributed by atoms with E-state index in [1.165, 1.54) is 0 Å². The molecule has 0 aliphatic heterocycles. The van der Waals surface area contributed by atoms with E-state index in [9.17, 15) is 0 Å². The summed E-state index contributed by atoms with van der Waals surface area (Å²) in [7, 11) is 0. The Morgan fingerprint density at radius 2 is 2.25 bits per heavy atom. The minimum absolute atomic E-state index is 0.577. The van der Waals surface area contributed by atoms with Gasteiger partial charge in [0.05, 0.1) is 24.6 Å². The number of aromatic nitrogens is 1. The minimum atomic E-state index is 0.577. The summed E-state index contributed by atoms with van der Waals surface area (Å²) in [5, 5.41) is 3.25. The van der Waals surface area contributed by atoms with Crippen molar-refractivity contribution in [2.75, 3.05) is 13.2 Å². The molecular weight excluding hydrogens is 200 g/mol. The van der Waals surface area contributed by atoms with Gasteiger partial charge in [-0.3, -0.25) is 4.98 Å². The molecule has 88 valence electrons. The molecule has 0 fully saturated rings. The van der Waals surface area contributed by atoms with Crippen molar-refractivity contribution in [1.29, 1.82) is 0 Å². The quantitative estimate of drug-likeness (QED) is 0.539. The van der Waals surface area contributed by atoms with Crippen molar-refractivity contribution < 1.29 is 4.74 Å². The molecule has 0 atom stereocenters. The van der Waals surface area contributed by atoms with Crippen molar-refractivity contribution in [2.45, 2.75) is 26.5 Å². The van der Waals surface area contributed by atoms with Crippen molar-refractivity contribution in [3.05, 3.63) is 42.2 Å². The first-order chi connectivity index (χ1) is 7.86. The Kier molecular flexibility index (Phi) is 6.45. The van der Waals surface area contributed by atoms with Gasteiger partial charge < -0.3 is 10.1 Å². The highest BCUT2D eigenvalue weighted by molar-refractivity contribution is 5.10. The van der Waals surface area contributed by atoms with Gasteiger partial charge in [0, 0.05) is 6.54 Å². The van der Waals surface area contributed by atoms with E-state index in [0.29, 0.717) is 13.2 Å². The van der Waals surface area contributed by atoms with Crippen molar-refractivity contribution in [3.8, 4) is 0 Å². The van der Waals surface area contributed by atoms with Gasteiger partial charge in [-0.25, -0.2) is 0 Å². The summed E-state index contributed by atoms with van der Waals surface area (Å²) in [6, 6.07) is 6.03. The number of ether oxygens (including phenoxy) is 1. The molecule has 3 nitrogen and oxygen atoms in total. The summed E-state index contributed by atoms with van der Waals surface area (Å²) in [4.78, 5) is 4.49. The molecule has 0 spiro atoms. The van der Waals surface area contributed by atoms with Crippen LogP contribution in [0.4, 0.5) is 0 Å². The van der Waals surface area contributed by atoms with E-state index in [0.717, 1.165) is 30.9 Å². The summed E-state index contributed by atoms with van der Waals surface area (Å²) >= 11 is 0. The smallest absolute Gasteiger partial charge is 0.0888 e. The van der Waals surface area contributed by atoms with Gasteiger partial charge in [0.15, 0.2) is 0 Å². The third-order valence-corrected chi connectivity index (χ3v) is 2.14. The van der Waals surface area contributed by atoms with Crippen LogP contribution in [0.25, 0.3) is 0 Å². The zero-order chi connectivity index (χ0) is 11.6. The number of nitrogens with one attached hydrogen (secondary N) is 1. The van der Waals surface area contributed by atoms with Crippen molar-refractivity contribution in [3.63, 3.8) is 0 Å². The highest BCUT2D eigenvalue weighted by atomic mass is 16.5. The highest BCUT2D eigenvalue weighted by Gasteiger charge is 1.97. The monoisotopic (exact) mass is 220 g/mol. The number of hydrogen-bond acceptors (Lipinski definition) is 3. The number of pyridine rings is 1. The van der Waals surface area contributed by atoms with Gasteiger partial charge >= 0.3 is 0 Å². The molecular formula is C13H20N2O. The van der Waals surface area contributed by atoms with Gasteiger partial charge in [0.25, 0.3) is 0 Å². The lowest BCUT2D eigenvalue weighted by Gasteiger charge is -2.05. The molecule has 3 heteroatoms. The SMILES string of the molecule is C=CCCOCc1cccc(CNCC)n1. The van der Waals surface area contributed by atoms with E-state index in [1.54, 1.807) is 0 Å². The first kappa shape index (κ1) is 12.9. The van der Waals surface area contributed by atoms with Crippen LogP contribution >= 0.6 is 0 Å². The molecule has 0 aliphatic rings. The highest BCUT2D eigenvalue weighted by Crippen LogP contribution is 2.01. The van der Waals surface area contributed by atoms with E-state index in [2.05, 4.69) is 23.8 Å². The van der Waals surface area contributed by atoms with E-state index >= 15 is 0 Å². The molecule has 16 heavy (non-hydrogen) atoms. The lowest BCUT2D eigenvalue weighted by molar-refractivity contribution is 0.122. The molecule has 0 aliphatic carbocycles. The van der Waals surface area contributed by atoms with Gasteiger partial charge in [-0.05, 0) is 25.1 Å². The second-order valence-corrected chi connectivity index (χ2v) is 3.53. The second-order valence-electron chi connectivity index (χ2n) is 3.53. The van der Waals surface area contributed by atoms with Gasteiger partial charge in [0.2, 0.25) is 0 Å². The Morgan fingerprint density at radius 1 is 1.44 bits per heavy atom. The van der Waals surface area contributed by atoms with Gasteiger partial charge in [-0.1, -0.05) is 19.1 Å². The molecule has 1 aromatic heterocycles. The van der Waals surface area contributed by atoms with Crippen LogP contribution in [0.1, 0.15) is 24.7 Å². The average molecular weight is 220 g/mol. The molecule has 1 heterocycles. The Morgan fingerprint density at radius 3 is 3.00 bits per heavy atom. The largest absolute Gasteiger partial charge is 0.375 e. The summed E-state index contributed by atoms with van der Waals surface area (Å²) in [5.41, 5.74) is 2.05. The van der Waals surface area contributed by atoms with Crippen LogP contribution in [0.15, 0.2) is 30.9 Å². The topological polar surface area (TPSA) is 34.1 Å². The number of nitrogens with zero attached hydrogens (tertiary/aromatic N) is 1. The molecule has 1 aromatic rings. The number of hydrogen-bond donors (Lipinski definition) is 1. The zero-order valence-electron chi connectivity index (χ0n) is 9.91. The van der Waals surface area contributed by atoms with Crippen molar-refractivity contribution >= 4 is 0 Å². The molecule has 0 unspecified atom stereocenters. The van der Waals surface area contributed by atoms with Crippen LogP contribution in [0.2, 0.25) is 0 Å². The second kappa shape index (κ2) is 8.02. The molecule has 0 saturated carbocycles. The van der Waals surface area contributed by atoms with Gasteiger partial charge in [-0.15, -0.1) is 6.58 Å². The summed E-state index contributed by atoms with van der Waals surface area (Å²) < 4.78 is 5.47. The third-order valence-electron chi connectivity index (χ3n) is 2.14. The maximum absolute atomic E-state index is 5.47. The average Bonchev–Trinajstić information content (AvgIpc) is 2.33. The van der Waals surface area contributed by atoms with Crippen molar-refractivity contribution in [2.24, 2.45) is 0 Å². The Bertz CT molecular complexity index is 313. The predicted molar refractivity (Wildman–Crippen MR) is 66.1 cm³/mol. The maximum Gasteiger partial charge on any atom is 0.0888 e. The molecule has 0 amide bonds. The van der Waals surface area contributed by atoms with Crippen LogP contribution in [-0.4, -0.2) is 18.1 Å². The summed E-state index contributed by atoms with van der Waals surface area (Å²) in [6.07, 6.45) is 2.74. The molecule has 1 N–H and O–H groups in total. The number of rotatable bonds is 8. The third kappa shape index (κ3) is 5.05. The predicted octanol–water partition coefficient (Wildman–Crippen LogP) is 2.28. The van der Waals surface area contributed by atoms with Gasteiger partial charge in [-0.2, -0.15) is 0 Å². The van der Waals surface area contributed by atoms with Crippen LogP contribution in [-0.2, 0) is 17.9 Å². The van der Waals surface area contributed by atoms with Crippen LogP contribution in [0, 0.1) is 0 Å². The van der Waals surface area contributed by atoms with E-state index < -0.39 is 0 Å². The van der Waals surface area contributed by atoms with Gasteiger partial charge in [0.1, 0.15) is 0 Å². The maximum atomic E-state index is 5.47. The first-order valence-corrected chi connectivity index (χ1v) is 5.71. The lowest BCUT2D eigenvalue weighted by atomic mass is 10.3. The molecule has 0 radical (unpaired) electrons. The van der Waals surface area contributed by atoms with Crippen LogP contribution in [0.3, 0.4) is 0 Å². The van der Waals surface area contributed by atoms with E-state index in [4.69, 9.17) is 4.74 Å². The Balaban J connectivity index is 2.37. The van der Waals surface area contributed by atoms with Crippen molar-refractivity contribution in [1.82, 2.24) is 10.3 Å². The van der Waals surface area contributed by atoms with E-state index in [1.807, 2.05) is 24.3 Å². The Hall–Kier alpha value is -1.19. The Labute approximate surface area is 97.5 Å². The molecule has 0 aromatic carbocycles. The summed E-state index contributed by atoms with van der Waals surface area (Å²) in [5.74, 6) is 0. The normalized spacial score (nSPS) is 10.3. The van der Waals surface area contributed by atoms with Crippen LogP contribution < -0.4 is 5.32 Å². The first-order valence-electron chi connectivity index (χ1n) is 5.71. The molecule has 0 saturated heterocycles. The minimum Gasteiger partial charge on any atom is -0.375 e. The lowest BCUT2D eigenvalue weighted by Crippen LogP contribution is -2.13. The zero-order valence-corrected chi connectivity index (χ0v) is 9.91. The summed E-state index contributed by atoms with van der Waals surface area (Å²) in [6.45, 7) is 8.80. The molecule has 0 bridgehead atoms.